The Bertz CT molecular complexity index is 728. The van der Waals surface area contributed by atoms with Crippen molar-refractivity contribution in [2.45, 2.75) is 51.1 Å². The smallest absolute Gasteiger partial charge is 0.339 e. The third kappa shape index (κ3) is 4.99. The number of carbonyl (C=O) groups excluding carboxylic acids is 3. The first-order valence-electron chi connectivity index (χ1n) is 9.25. The molecule has 8 heteroatoms. The van der Waals surface area contributed by atoms with E-state index < -0.39 is 38.4 Å². The molecule has 1 aliphatic heterocycles. The Hall–Kier alpha value is -2.19. The molecule has 0 aliphatic carbocycles. The maximum absolute atomic E-state index is 12.8. The Morgan fingerprint density at radius 1 is 1.18 bits per heavy atom. The monoisotopic (exact) mass is 407 g/mol. The van der Waals surface area contributed by atoms with E-state index in [1.165, 1.54) is 12.0 Å². The van der Waals surface area contributed by atoms with Crippen molar-refractivity contribution in [2.75, 3.05) is 20.2 Å². The Morgan fingerprint density at radius 3 is 2.32 bits per heavy atom. The summed E-state index contributed by atoms with van der Waals surface area (Å²) in [5.41, 5.74) is 0.354. The molecule has 0 unspecified atom stereocenters. The van der Waals surface area contributed by atoms with Crippen molar-refractivity contribution in [3.05, 3.63) is 35.9 Å². The first-order chi connectivity index (χ1) is 13.0. The van der Waals surface area contributed by atoms with Crippen LogP contribution in [0.15, 0.2) is 30.3 Å². The van der Waals surface area contributed by atoms with E-state index >= 15 is 0 Å². The molecule has 0 aromatic heterocycles. The molecule has 1 aromatic rings. The second kappa shape index (κ2) is 8.44. The van der Waals surface area contributed by atoms with Crippen LogP contribution in [0, 0.1) is 0 Å². The van der Waals surface area contributed by atoms with Crippen molar-refractivity contribution in [3.63, 3.8) is 0 Å². The molecule has 7 nitrogen and oxygen atoms in total. The van der Waals surface area contributed by atoms with Crippen molar-refractivity contribution in [1.29, 1.82) is 0 Å². The van der Waals surface area contributed by atoms with Crippen molar-refractivity contribution in [2.24, 2.45) is 0 Å². The molecule has 0 saturated carbocycles. The van der Waals surface area contributed by atoms with Crippen LogP contribution in [0.4, 0.5) is 0 Å². The highest BCUT2D eigenvalue weighted by Crippen LogP contribution is 2.38. The van der Waals surface area contributed by atoms with E-state index in [0.29, 0.717) is 5.56 Å². The van der Waals surface area contributed by atoms with Gasteiger partial charge >= 0.3 is 11.9 Å². The molecule has 0 radical (unpaired) electrons. The summed E-state index contributed by atoms with van der Waals surface area (Å²) in [6, 6.07) is 8.48. The molecule has 154 valence electrons. The van der Waals surface area contributed by atoms with Crippen LogP contribution in [0.2, 0.25) is 18.1 Å². The third-order valence-corrected chi connectivity index (χ3v) is 9.84. The second-order valence-electron chi connectivity index (χ2n) is 8.40. The Morgan fingerprint density at radius 2 is 1.79 bits per heavy atom. The molecular weight excluding hydrogens is 378 g/mol. The summed E-state index contributed by atoms with van der Waals surface area (Å²) < 4.78 is 16.6. The molecule has 28 heavy (non-hydrogen) atoms. The Balaban J connectivity index is 2.24. The topological polar surface area (TPSA) is 82.1 Å². The van der Waals surface area contributed by atoms with Gasteiger partial charge in [-0.25, -0.2) is 4.79 Å². The standard InChI is InChI=1S/C20H29NO6Si/c1-20(2,3)28(5,6)27-15-12-21(13-16(22)25-4)18(23)17(15)26-19(24)14-10-8-7-9-11-14/h7-11,15,17H,12-13H2,1-6H3/t15-,17-/m0/s1. The zero-order valence-electron chi connectivity index (χ0n) is 17.4. The quantitative estimate of drug-likeness (QED) is 0.533. The molecule has 0 bridgehead atoms. The van der Waals surface area contributed by atoms with Gasteiger partial charge < -0.3 is 18.8 Å². The molecule has 1 aromatic carbocycles. The lowest BCUT2D eigenvalue weighted by molar-refractivity contribution is -0.147. The number of esters is 2. The van der Waals surface area contributed by atoms with Gasteiger partial charge in [0.15, 0.2) is 8.32 Å². The minimum atomic E-state index is -2.24. The van der Waals surface area contributed by atoms with Crippen molar-refractivity contribution in [1.82, 2.24) is 4.90 Å². The van der Waals surface area contributed by atoms with Gasteiger partial charge in [-0.2, -0.15) is 0 Å². The van der Waals surface area contributed by atoms with Gasteiger partial charge in [0.25, 0.3) is 5.91 Å². The number of benzene rings is 1. The predicted molar refractivity (Wildman–Crippen MR) is 106 cm³/mol. The zero-order valence-corrected chi connectivity index (χ0v) is 18.4. The lowest BCUT2D eigenvalue weighted by atomic mass is 10.2. The Kier molecular flexibility index (Phi) is 6.66. The van der Waals surface area contributed by atoms with Crippen LogP contribution in [0.25, 0.3) is 0 Å². The first-order valence-corrected chi connectivity index (χ1v) is 12.2. The van der Waals surface area contributed by atoms with Gasteiger partial charge in [0.05, 0.1) is 19.2 Å². The fourth-order valence-electron chi connectivity index (χ4n) is 2.64. The van der Waals surface area contributed by atoms with Crippen LogP contribution in [-0.2, 0) is 23.5 Å². The number of hydrogen-bond acceptors (Lipinski definition) is 6. The number of ether oxygens (including phenoxy) is 2. The highest BCUT2D eigenvalue weighted by Gasteiger charge is 2.49. The molecule has 1 aliphatic rings. The highest BCUT2D eigenvalue weighted by molar-refractivity contribution is 6.74. The number of carbonyl (C=O) groups is 3. The first kappa shape index (κ1) is 22.1. The average Bonchev–Trinajstić information content (AvgIpc) is 2.89. The number of hydrogen-bond donors (Lipinski definition) is 0. The lowest BCUT2D eigenvalue weighted by Crippen LogP contribution is -2.48. The van der Waals surface area contributed by atoms with E-state index in [9.17, 15) is 14.4 Å². The fraction of sp³-hybridized carbons (Fsp3) is 0.550. The van der Waals surface area contributed by atoms with Crippen LogP contribution in [0.3, 0.4) is 0 Å². The average molecular weight is 408 g/mol. The third-order valence-electron chi connectivity index (χ3n) is 5.34. The molecular formula is C20H29NO6Si. The van der Waals surface area contributed by atoms with Crippen LogP contribution >= 0.6 is 0 Å². The number of amides is 1. The van der Waals surface area contributed by atoms with Crippen molar-refractivity contribution >= 4 is 26.2 Å². The normalized spacial score (nSPS) is 20.2. The molecule has 0 spiro atoms. The molecule has 2 rings (SSSR count). The maximum Gasteiger partial charge on any atom is 0.339 e. The van der Waals surface area contributed by atoms with Gasteiger partial charge in [-0.05, 0) is 30.3 Å². The summed E-state index contributed by atoms with van der Waals surface area (Å²) in [5, 5.41) is -0.0835. The Labute approximate surface area is 167 Å². The summed E-state index contributed by atoms with van der Waals surface area (Å²) in [6.45, 7) is 10.4. The second-order valence-corrected chi connectivity index (χ2v) is 13.2. The van der Waals surface area contributed by atoms with Gasteiger partial charge in [0.2, 0.25) is 6.10 Å². The number of nitrogens with zero attached hydrogens (tertiary/aromatic N) is 1. The summed E-state index contributed by atoms with van der Waals surface area (Å²) in [4.78, 5) is 38.3. The van der Waals surface area contributed by atoms with E-state index in [4.69, 9.17) is 9.16 Å². The molecule has 1 heterocycles. The van der Waals surface area contributed by atoms with Crippen LogP contribution in [-0.4, -0.2) is 63.5 Å². The summed E-state index contributed by atoms with van der Waals surface area (Å²) in [6.07, 6.45) is -1.72. The largest absolute Gasteiger partial charge is 0.468 e. The zero-order chi connectivity index (χ0) is 21.1. The van der Waals surface area contributed by atoms with Gasteiger partial charge in [0.1, 0.15) is 12.6 Å². The highest BCUT2D eigenvalue weighted by atomic mass is 28.4. The van der Waals surface area contributed by atoms with Crippen molar-refractivity contribution < 1.29 is 28.3 Å². The number of rotatable bonds is 6. The minimum absolute atomic E-state index is 0.0835. The minimum Gasteiger partial charge on any atom is -0.468 e. The number of likely N-dealkylation sites (tertiary alicyclic amines) is 1. The number of methoxy groups -OCH3 is 1. The molecule has 1 fully saturated rings. The lowest BCUT2D eigenvalue weighted by Gasteiger charge is -2.39. The van der Waals surface area contributed by atoms with Crippen LogP contribution in [0.5, 0.6) is 0 Å². The molecule has 1 amide bonds. The summed E-state index contributed by atoms with van der Waals surface area (Å²) in [5.74, 6) is -1.57. The van der Waals surface area contributed by atoms with Gasteiger partial charge in [0, 0.05) is 0 Å². The van der Waals surface area contributed by atoms with Crippen LogP contribution in [0.1, 0.15) is 31.1 Å². The van der Waals surface area contributed by atoms with E-state index in [0.717, 1.165) is 0 Å². The van der Waals surface area contributed by atoms with Crippen molar-refractivity contribution in [3.8, 4) is 0 Å². The van der Waals surface area contributed by atoms with E-state index in [2.05, 4.69) is 38.6 Å². The summed E-state index contributed by atoms with van der Waals surface area (Å²) >= 11 is 0. The summed E-state index contributed by atoms with van der Waals surface area (Å²) in [7, 11) is -0.973. The van der Waals surface area contributed by atoms with Gasteiger partial charge in [-0.1, -0.05) is 39.0 Å². The molecule has 0 N–H and O–H groups in total. The van der Waals surface area contributed by atoms with Gasteiger partial charge in [-0.15, -0.1) is 0 Å². The molecule has 2 atom stereocenters. The van der Waals surface area contributed by atoms with E-state index in [1.807, 2.05) is 0 Å². The predicted octanol–water partition coefficient (Wildman–Crippen LogP) is 2.62. The van der Waals surface area contributed by atoms with E-state index in [1.54, 1.807) is 30.3 Å². The van der Waals surface area contributed by atoms with E-state index in [-0.39, 0.29) is 18.1 Å². The molecule has 1 saturated heterocycles. The fourth-order valence-corrected chi connectivity index (χ4v) is 3.95. The van der Waals surface area contributed by atoms with Gasteiger partial charge in [-0.3, -0.25) is 9.59 Å². The maximum atomic E-state index is 12.8. The van der Waals surface area contributed by atoms with Crippen LogP contribution < -0.4 is 0 Å². The SMILES string of the molecule is COC(=O)CN1C[C@H](O[Si](C)(C)C(C)(C)C)[C@H](OC(=O)c2ccccc2)C1=O.